The molecule has 1 aliphatic rings. The molecule has 0 aromatic rings. The van der Waals surface area contributed by atoms with E-state index >= 15 is 0 Å². The van der Waals surface area contributed by atoms with Crippen LogP contribution in [0.1, 0.15) is 0 Å². The number of hydrogen-bond donors (Lipinski definition) is 2. The van der Waals surface area contributed by atoms with E-state index in [1.54, 1.807) is 0 Å². The van der Waals surface area contributed by atoms with Gasteiger partial charge < -0.3 is 10.6 Å². The molecule has 0 spiro atoms. The Hall–Kier alpha value is -0.420. The molecule has 6 nitrogen and oxygen atoms in total. The molecule has 0 bridgehead atoms. The molecule has 11 heavy (non-hydrogen) atoms. The SMILES string of the molecule is COP(=O)(O)N1C[C@H](N)C1=O. The first kappa shape index (κ1) is 8.67. The minimum absolute atomic E-state index is 0.0838. The average Bonchev–Trinajstić information content (AvgIpc) is 1.99. The van der Waals surface area contributed by atoms with Crippen LogP contribution in [0, 0.1) is 0 Å². The molecule has 1 aliphatic heterocycles. The van der Waals surface area contributed by atoms with Gasteiger partial charge >= 0.3 is 7.75 Å². The highest BCUT2D eigenvalue weighted by molar-refractivity contribution is 7.51. The quantitative estimate of drug-likeness (QED) is 0.415. The van der Waals surface area contributed by atoms with Crippen molar-refractivity contribution in [1.82, 2.24) is 4.67 Å². The second kappa shape index (κ2) is 2.57. The van der Waals surface area contributed by atoms with E-state index < -0.39 is 19.7 Å². The minimum Gasteiger partial charge on any atom is -0.318 e. The first-order valence-corrected chi connectivity index (χ1v) is 4.48. The smallest absolute Gasteiger partial charge is 0.318 e. The number of rotatable bonds is 2. The van der Waals surface area contributed by atoms with Gasteiger partial charge in [0.05, 0.1) is 6.54 Å². The predicted molar refractivity (Wildman–Crippen MR) is 36.5 cm³/mol. The number of amides is 1. The molecule has 0 saturated carbocycles. The van der Waals surface area contributed by atoms with Crippen molar-refractivity contribution < 1.29 is 18.8 Å². The molecule has 64 valence electrons. The lowest BCUT2D eigenvalue weighted by atomic mass is 10.2. The number of nitrogens with zero attached hydrogens (tertiary/aromatic N) is 1. The minimum atomic E-state index is -3.87. The van der Waals surface area contributed by atoms with Crippen molar-refractivity contribution in [1.29, 1.82) is 0 Å². The third kappa shape index (κ3) is 1.30. The van der Waals surface area contributed by atoms with Gasteiger partial charge in [-0.05, 0) is 0 Å². The highest BCUT2D eigenvalue weighted by Crippen LogP contribution is 2.48. The normalized spacial score (nSPS) is 29.5. The lowest BCUT2D eigenvalue weighted by Crippen LogP contribution is -2.59. The fourth-order valence-electron chi connectivity index (χ4n) is 0.760. The number of nitrogens with two attached hydrogens (primary N) is 1. The first-order chi connectivity index (χ1) is 4.99. The summed E-state index contributed by atoms with van der Waals surface area (Å²) in [5, 5.41) is 0. The zero-order valence-electron chi connectivity index (χ0n) is 5.93. The molecule has 1 unspecified atom stereocenters. The maximum absolute atomic E-state index is 10.9. The molecule has 0 aromatic heterocycles. The highest BCUT2D eigenvalue weighted by atomic mass is 31.2. The van der Waals surface area contributed by atoms with E-state index in [0.29, 0.717) is 0 Å². The maximum Gasteiger partial charge on any atom is 0.434 e. The summed E-state index contributed by atoms with van der Waals surface area (Å²) < 4.78 is 15.9. The van der Waals surface area contributed by atoms with Gasteiger partial charge in [-0.1, -0.05) is 0 Å². The molecule has 1 fully saturated rings. The van der Waals surface area contributed by atoms with E-state index in [4.69, 9.17) is 10.6 Å². The van der Waals surface area contributed by atoms with Crippen LogP contribution in [0.5, 0.6) is 0 Å². The summed E-state index contributed by atoms with van der Waals surface area (Å²) in [4.78, 5) is 19.7. The standard InChI is InChI=1S/C4H9N2O4P/c1-10-11(8,9)6-2-3(5)4(6)7/h3H,2,5H2,1H3,(H,8,9)/t3-/m0/s1. The van der Waals surface area contributed by atoms with E-state index in [1.165, 1.54) is 0 Å². The number of hydrogen-bond acceptors (Lipinski definition) is 4. The van der Waals surface area contributed by atoms with Crippen molar-refractivity contribution in [2.75, 3.05) is 13.7 Å². The molecular weight excluding hydrogens is 171 g/mol. The fraction of sp³-hybridized carbons (Fsp3) is 0.750. The van der Waals surface area contributed by atoms with E-state index in [9.17, 15) is 9.36 Å². The monoisotopic (exact) mass is 180 g/mol. The highest BCUT2D eigenvalue weighted by Gasteiger charge is 2.45. The Morgan fingerprint density at radius 3 is 2.73 bits per heavy atom. The molecule has 7 heteroatoms. The molecular formula is C4H9N2O4P. The third-order valence-electron chi connectivity index (χ3n) is 1.48. The van der Waals surface area contributed by atoms with Crippen molar-refractivity contribution in [3.8, 4) is 0 Å². The molecule has 1 rings (SSSR count). The van der Waals surface area contributed by atoms with Gasteiger partial charge in [0.2, 0.25) is 5.91 Å². The summed E-state index contributed by atoms with van der Waals surface area (Å²) in [6, 6.07) is -0.648. The summed E-state index contributed by atoms with van der Waals surface area (Å²) in [5.74, 6) is -0.544. The maximum atomic E-state index is 10.9. The zero-order valence-corrected chi connectivity index (χ0v) is 6.82. The van der Waals surface area contributed by atoms with Crippen molar-refractivity contribution in [3.05, 3.63) is 0 Å². The largest absolute Gasteiger partial charge is 0.434 e. The van der Waals surface area contributed by atoms with Crippen LogP contribution in [-0.2, 0) is 13.9 Å². The molecule has 0 aromatic carbocycles. The summed E-state index contributed by atoms with van der Waals surface area (Å²) in [6.07, 6.45) is 0. The number of carbonyl (C=O) groups excluding carboxylic acids is 1. The molecule has 1 saturated heterocycles. The fourth-order valence-corrected chi connectivity index (χ4v) is 1.74. The Labute approximate surface area is 63.5 Å². The molecule has 0 aliphatic carbocycles. The van der Waals surface area contributed by atoms with Gasteiger partial charge in [0.15, 0.2) is 0 Å². The van der Waals surface area contributed by atoms with Gasteiger partial charge in [-0.3, -0.25) is 9.32 Å². The lowest BCUT2D eigenvalue weighted by molar-refractivity contribution is -0.136. The van der Waals surface area contributed by atoms with Gasteiger partial charge in [-0.25, -0.2) is 9.24 Å². The van der Waals surface area contributed by atoms with Crippen molar-refractivity contribution >= 4 is 13.7 Å². The summed E-state index contributed by atoms with van der Waals surface area (Å²) in [6.45, 7) is 0.0838. The zero-order chi connectivity index (χ0) is 8.65. The molecule has 2 atom stereocenters. The van der Waals surface area contributed by atoms with Crippen molar-refractivity contribution in [2.45, 2.75) is 6.04 Å². The average molecular weight is 180 g/mol. The van der Waals surface area contributed by atoms with Crippen LogP contribution >= 0.6 is 7.75 Å². The number of β-lactam (4-membered cyclic amide) rings is 1. The second-order valence-corrected chi connectivity index (χ2v) is 4.03. The van der Waals surface area contributed by atoms with Crippen LogP contribution in [0.3, 0.4) is 0 Å². The number of carbonyl (C=O) groups is 1. The molecule has 0 radical (unpaired) electrons. The summed E-state index contributed by atoms with van der Waals surface area (Å²) in [7, 11) is -2.80. The molecule has 3 N–H and O–H groups in total. The summed E-state index contributed by atoms with van der Waals surface area (Å²) >= 11 is 0. The molecule has 1 amide bonds. The van der Waals surface area contributed by atoms with E-state index in [2.05, 4.69) is 4.52 Å². The second-order valence-electron chi connectivity index (χ2n) is 2.20. The van der Waals surface area contributed by atoms with E-state index in [0.717, 1.165) is 11.8 Å². The Balaban J connectivity index is 2.66. The Kier molecular flexibility index (Phi) is 2.02. The van der Waals surface area contributed by atoms with Crippen molar-refractivity contribution in [3.63, 3.8) is 0 Å². The van der Waals surface area contributed by atoms with Gasteiger partial charge in [0, 0.05) is 7.11 Å². The van der Waals surface area contributed by atoms with Crippen LogP contribution in [0.4, 0.5) is 0 Å². The van der Waals surface area contributed by atoms with Gasteiger partial charge in [0.25, 0.3) is 0 Å². The summed E-state index contributed by atoms with van der Waals surface area (Å²) in [5.41, 5.74) is 5.18. The van der Waals surface area contributed by atoms with Crippen LogP contribution in [-0.4, -0.2) is 35.2 Å². The Morgan fingerprint density at radius 1 is 1.91 bits per heavy atom. The van der Waals surface area contributed by atoms with E-state index in [-0.39, 0.29) is 6.54 Å². The lowest BCUT2D eigenvalue weighted by Gasteiger charge is -2.36. The van der Waals surface area contributed by atoms with Crippen LogP contribution in [0.2, 0.25) is 0 Å². The van der Waals surface area contributed by atoms with Crippen LogP contribution in [0.15, 0.2) is 0 Å². The first-order valence-electron chi connectivity index (χ1n) is 2.95. The van der Waals surface area contributed by atoms with E-state index in [1.807, 2.05) is 0 Å². The molecule has 1 heterocycles. The predicted octanol–water partition coefficient (Wildman–Crippen LogP) is -1.10. The van der Waals surface area contributed by atoms with Gasteiger partial charge in [0.1, 0.15) is 6.04 Å². The Morgan fingerprint density at radius 2 is 2.45 bits per heavy atom. The van der Waals surface area contributed by atoms with Crippen molar-refractivity contribution in [2.24, 2.45) is 5.73 Å². The van der Waals surface area contributed by atoms with Gasteiger partial charge in [-0.15, -0.1) is 0 Å². The third-order valence-corrected chi connectivity index (χ3v) is 2.93. The Bertz CT molecular complexity index is 230. The van der Waals surface area contributed by atoms with Gasteiger partial charge in [-0.2, -0.15) is 0 Å². The topological polar surface area (TPSA) is 92.9 Å². The van der Waals surface area contributed by atoms with Crippen LogP contribution in [0.25, 0.3) is 0 Å². The van der Waals surface area contributed by atoms with Crippen LogP contribution < -0.4 is 5.73 Å².